The smallest absolute Gasteiger partial charge is 0.340 e. The maximum Gasteiger partial charge on any atom is 0.340 e. The van der Waals surface area contributed by atoms with Crippen LogP contribution in [0, 0.1) is 13.8 Å². The van der Waals surface area contributed by atoms with E-state index in [2.05, 4.69) is 4.98 Å². The number of aromatic nitrogens is 1. The first-order chi connectivity index (χ1) is 12.8. The van der Waals surface area contributed by atoms with Gasteiger partial charge in [0.25, 0.3) is 0 Å². The van der Waals surface area contributed by atoms with E-state index in [1.54, 1.807) is 44.7 Å². The normalized spacial score (nSPS) is 11.7. The van der Waals surface area contributed by atoms with E-state index in [0.717, 1.165) is 4.90 Å². The Labute approximate surface area is 162 Å². The Hall–Kier alpha value is -2.54. The van der Waals surface area contributed by atoms with Gasteiger partial charge in [0.2, 0.25) is 5.78 Å². The molecule has 0 saturated heterocycles. The predicted molar refractivity (Wildman–Crippen MR) is 104 cm³/mol. The average molecular weight is 389 g/mol. The van der Waals surface area contributed by atoms with E-state index in [1.165, 1.54) is 6.92 Å². The van der Waals surface area contributed by atoms with Crippen molar-refractivity contribution in [3.63, 3.8) is 0 Å². The standard InChI is InChI=1S/C20H23NO5S/c1-6-25-20(24)16-11(2)17(21-12(16)3)18(22)13(4)26-19(23)14-7-9-15(27-5)10-8-14/h7-10,13,21H,6H2,1-5H3/t13-/m1/s1. The van der Waals surface area contributed by atoms with E-state index in [0.29, 0.717) is 22.4 Å². The first-order valence-electron chi connectivity index (χ1n) is 8.55. The van der Waals surface area contributed by atoms with Crippen LogP contribution in [0.2, 0.25) is 0 Å². The van der Waals surface area contributed by atoms with Crippen molar-refractivity contribution in [3.8, 4) is 0 Å². The zero-order valence-electron chi connectivity index (χ0n) is 16.0. The van der Waals surface area contributed by atoms with Crippen molar-refractivity contribution in [1.82, 2.24) is 4.98 Å². The molecule has 2 aromatic rings. The molecule has 6 nitrogen and oxygen atoms in total. The highest BCUT2D eigenvalue weighted by Gasteiger charge is 2.27. The zero-order chi connectivity index (χ0) is 20.1. The molecule has 0 aliphatic rings. The highest BCUT2D eigenvalue weighted by molar-refractivity contribution is 7.98. The number of rotatable bonds is 7. The fourth-order valence-electron chi connectivity index (χ4n) is 2.72. The first kappa shape index (κ1) is 20.8. The SMILES string of the molecule is CCOC(=O)c1c(C)[nH]c(C(=O)[C@@H](C)OC(=O)c2ccc(SC)cc2)c1C. The van der Waals surface area contributed by atoms with Crippen LogP contribution in [0.5, 0.6) is 0 Å². The summed E-state index contributed by atoms with van der Waals surface area (Å²) in [5.41, 5.74) is 1.99. The molecule has 1 aromatic carbocycles. The number of Topliss-reactive ketones (excluding diaryl/α,β-unsaturated/α-hetero) is 1. The minimum absolute atomic E-state index is 0.244. The van der Waals surface area contributed by atoms with Gasteiger partial charge in [0, 0.05) is 10.6 Å². The van der Waals surface area contributed by atoms with E-state index in [4.69, 9.17) is 9.47 Å². The Balaban J connectivity index is 2.16. The molecule has 1 N–H and O–H groups in total. The monoisotopic (exact) mass is 389 g/mol. The van der Waals surface area contributed by atoms with Crippen LogP contribution in [0.4, 0.5) is 0 Å². The quantitative estimate of drug-likeness (QED) is 0.438. The van der Waals surface area contributed by atoms with Crippen LogP contribution in [0.25, 0.3) is 0 Å². The lowest BCUT2D eigenvalue weighted by Gasteiger charge is -2.12. The van der Waals surface area contributed by atoms with Gasteiger partial charge in [0.15, 0.2) is 6.10 Å². The van der Waals surface area contributed by atoms with E-state index in [9.17, 15) is 14.4 Å². The molecule has 0 fully saturated rings. The fourth-order valence-corrected chi connectivity index (χ4v) is 3.13. The van der Waals surface area contributed by atoms with Crippen LogP contribution in [-0.2, 0) is 9.47 Å². The number of ether oxygens (including phenoxy) is 2. The van der Waals surface area contributed by atoms with Gasteiger partial charge in [0.1, 0.15) is 0 Å². The lowest BCUT2D eigenvalue weighted by Crippen LogP contribution is -2.25. The van der Waals surface area contributed by atoms with E-state index in [1.807, 2.05) is 18.4 Å². The van der Waals surface area contributed by atoms with Crippen molar-refractivity contribution in [2.75, 3.05) is 12.9 Å². The summed E-state index contributed by atoms with van der Waals surface area (Å²) in [4.78, 5) is 41.0. The Bertz CT molecular complexity index is 854. The molecule has 0 unspecified atom stereocenters. The maximum absolute atomic E-state index is 12.7. The molecular weight excluding hydrogens is 366 g/mol. The van der Waals surface area contributed by atoms with Gasteiger partial charge in [-0.25, -0.2) is 9.59 Å². The third-order valence-electron chi connectivity index (χ3n) is 4.14. The van der Waals surface area contributed by atoms with E-state index >= 15 is 0 Å². The van der Waals surface area contributed by atoms with Gasteiger partial charge in [-0.2, -0.15) is 0 Å². The first-order valence-corrected chi connectivity index (χ1v) is 9.78. The second-order valence-corrected chi connectivity index (χ2v) is 6.87. The molecule has 0 spiro atoms. The molecule has 1 aromatic heterocycles. The van der Waals surface area contributed by atoms with Crippen molar-refractivity contribution in [1.29, 1.82) is 0 Å². The topological polar surface area (TPSA) is 85.5 Å². The molecule has 0 bridgehead atoms. The number of hydrogen-bond donors (Lipinski definition) is 1. The summed E-state index contributed by atoms with van der Waals surface area (Å²) in [7, 11) is 0. The predicted octanol–water partition coefficient (Wildman–Crippen LogP) is 3.96. The van der Waals surface area contributed by atoms with Crippen LogP contribution in [-0.4, -0.2) is 41.7 Å². The summed E-state index contributed by atoms with van der Waals surface area (Å²) < 4.78 is 10.3. The number of ketones is 1. The molecule has 2 rings (SSSR count). The summed E-state index contributed by atoms with van der Waals surface area (Å²) in [6.07, 6.45) is 0.948. The Kier molecular flexibility index (Phi) is 6.85. The fraction of sp³-hybridized carbons (Fsp3) is 0.350. The maximum atomic E-state index is 12.7. The van der Waals surface area contributed by atoms with Crippen LogP contribution in [0.15, 0.2) is 29.2 Å². The van der Waals surface area contributed by atoms with Gasteiger partial charge in [-0.3, -0.25) is 4.79 Å². The lowest BCUT2D eigenvalue weighted by molar-refractivity contribution is 0.0316. The van der Waals surface area contributed by atoms with Gasteiger partial charge < -0.3 is 14.5 Å². The highest BCUT2D eigenvalue weighted by Crippen LogP contribution is 2.21. The van der Waals surface area contributed by atoms with Crippen molar-refractivity contribution >= 4 is 29.5 Å². The third-order valence-corrected chi connectivity index (χ3v) is 4.89. The summed E-state index contributed by atoms with van der Waals surface area (Å²) in [5, 5.41) is 0. The second-order valence-electron chi connectivity index (χ2n) is 5.99. The van der Waals surface area contributed by atoms with Crippen LogP contribution < -0.4 is 0 Å². The summed E-state index contributed by atoms with van der Waals surface area (Å²) in [6, 6.07) is 6.96. The van der Waals surface area contributed by atoms with Gasteiger partial charge >= 0.3 is 11.9 Å². The van der Waals surface area contributed by atoms with Gasteiger partial charge in [-0.05, 0) is 63.8 Å². The van der Waals surface area contributed by atoms with Crippen molar-refractivity contribution in [3.05, 3.63) is 52.3 Å². The Morgan fingerprint density at radius 3 is 2.30 bits per heavy atom. The number of hydrogen-bond acceptors (Lipinski definition) is 6. The molecule has 1 heterocycles. The number of thioether (sulfide) groups is 1. The number of benzene rings is 1. The molecule has 0 saturated carbocycles. The molecule has 0 amide bonds. The van der Waals surface area contributed by atoms with Crippen LogP contribution in [0.1, 0.15) is 56.3 Å². The van der Waals surface area contributed by atoms with Crippen molar-refractivity contribution in [2.45, 2.75) is 38.7 Å². The minimum atomic E-state index is -0.996. The van der Waals surface area contributed by atoms with E-state index < -0.39 is 23.8 Å². The lowest BCUT2D eigenvalue weighted by atomic mass is 10.1. The van der Waals surface area contributed by atoms with Crippen molar-refractivity contribution in [2.24, 2.45) is 0 Å². The molecule has 0 aliphatic carbocycles. The molecule has 7 heteroatoms. The van der Waals surface area contributed by atoms with Gasteiger partial charge in [0.05, 0.1) is 23.4 Å². The number of nitrogens with one attached hydrogen (secondary N) is 1. The van der Waals surface area contributed by atoms with Crippen LogP contribution >= 0.6 is 11.8 Å². The number of esters is 2. The molecule has 144 valence electrons. The third kappa shape index (κ3) is 4.60. The highest BCUT2D eigenvalue weighted by atomic mass is 32.2. The van der Waals surface area contributed by atoms with Crippen molar-refractivity contribution < 1.29 is 23.9 Å². The second kappa shape index (κ2) is 8.90. The van der Waals surface area contributed by atoms with Gasteiger partial charge in [-0.1, -0.05) is 0 Å². The number of carbonyl (C=O) groups excluding carboxylic acids is 3. The summed E-state index contributed by atoms with van der Waals surface area (Å²) in [5.74, 6) is -1.46. The molecule has 27 heavy (non-hydrogen) atoms. The molecule has 0 aliphatic heterocycles. The number of carbonyl (C=O) groups is 3. The summed E-state index contributed by atoms with van der Waals surface area (Å²) in [6.45, 7) is 6.83. The Morgan fingerprint density at radius 1 is 1.11 bits per heavy atom. The van der Waals surface area contributed by atoms with Gasteiger partial charge in [-0.15, -0.1) is 11.8 Å². The molecule has 1 atom stereocenters. The van der Waals surface area contributed by atoms with E-state index in [-0.39, 0.29) is 12.3 Å². The minimum Gasteiger partial charge on any atom is -0.462 e. The summed E-state index contributed by atoms with van der Waals surface area (Å²) >= 11 is 1.57. The van der Waals surface area contributed by atoms with Crippen LogP contribution in [0.3, 0.4) is 0 Å². The number of H-pyrrole nitrogens is 1. The Morgan fingerprint density at radius 2 is 1.74 bits per heavy atom. The largest absolute Gasteiger partial charge is 0.462 e. The average Bonchev–Trinajstić information content (AvgIpc) is 2.95. The number of aryl methyl sites for hydroxylation is 1. The number of aromatic amines is 1. The zero-order valence-corrected chi connectivity index (χ0v) is 16.9. The molecule has 0 radical (unpaired) electrons. The molecular formula is C20H23NO5S.